The zero-order valence-electron chi connectivity index (χ0n) is 13.9. The SMILES string of the molecule is O=C(N1CCC2(C1)OCc1ncccc12)C1(c2ccc(Cl)cc2)CC1. The Morgan fingerprint density at radius 1 is 1.16 bits per heavy atom. The Morgan fingerprint density at radius 2 is 1.96 bits per heavy atom. The van der Waals surface area contributed by atoms with Crippen molar-refractivity contribution < 1.29 is 9.53 Å². The summed E-state index contributed by atoms with van der Waals surface area (Å²) in [4.78, 5) is 19.7. The first kappa shape index (κ1) is 15.4. The molecule has 3 heterocycles. The molecule has 128 valence electrons. The quantitative estimate of drug-likeness (QED) is 0.829. The van der Waals surface area contributed by atoms with Gasteiger partial charge in [-0.25, -0.2) is 0 Å². The van der Waals surface area contributed by atoms with E-state index in [9.17, 15) is 4.79 Å². The van der Waals surface area contributed by atoms with E-state index < -0.39 is 0 Å². The maximum Gasteiger partial charge on any atom is 0.233 e. The second-order valence-corrected chi connectivity index (χ2v) is 7.78. The van der Waals surface area contributed by atoms with E-state index in [1.54, 1.807) is 6.20 Å². The fourth-order valence-corrected chi connectivity index (χ4v) is 4.49. The predicted molar refractivity (Wildman–Crippen MR) is 94.3 cm³/mol. The van der Waals surface area contributed by atoms with Crippen LogP contribution in [-0.4, -0.2) is 28.9 Å². The van der Waals surface area contributed by atoms with Gasteiger partial charge in [-0.15, -0.1) is 0 Å². The molecule has 1 atom stereocenters. The number of benzene rings is 1. The van der Waals surface area contributed by atoms with Crippen molar-refractivity contribution in [1.29, 1.82) is 0 Å². The lowest BCUT2D eigenvalue weighted by Crippen LogP contribution is -2.40. The van der Waals surface area contributed by atoms with Crippen molar-refractivity contribution in [3.63, 3.8) is 0 Å². The van der Waals surface area contributed by atoms with Gasteiger partial charge in [0, 0.05) is 29.7 Å². The Hall–Kier alpha value is -1.91. The number of hydrogen-bond donors (Lipinski definition) is 0. The molecule has 0 N–H and O–H groups in total. The molecule has 1 unspecified atom stereocenters. The van der Waals surface area contributed by atoms with Gasteiger partial charge in [0.15, 0.2) is 0 Å². The predicted octanol–water partition coefficient (Wildman–Crippen LogP) is 3.42. The zero-order chi connectivity index (χ0) is 17.1. The summed E-state index contributed by atoms with van der Waals surface area (Å²) in [5.74, 6) is 0.229. The van der Waals surface area contributed by atoms with Crippen molar-refractivity contribution in [2.75, 3.05) is 13.1 Å². The first-order valence-corrected chi connectivity index (χ1v) is 9.15. The number of nitrogens with zero attached hydrogens (tertiary/aromatic N) is 2. The van der Waals surface area contributed by atoms with Crippen LogP contribution in [0.2, 0.25) is 5.02 Å². The van der Waals surface area contributed by atoms with Crippen molar-refractivity contribution in [3.05, 3.63) is 64.4 Å². The van der Waals surface area contributed by atoms with E-state index in [4.69, 9.17) is 16.3 Å². The van der Waals surface area contributed by atoms with Crippen LogP contribution < -0.4 is 0 Å². The van der Waals surface area contributed by atoms with Gasteiger partial charge in [-0.1, -0.05) is 29.8 Å². The van der Waals surface area contributed by atoms with Gasteiger partial charge in [-0.2, -0.15) is 0 Å². The van der Waals surface area contributed by atoms with Gasteiger partial charge in [0.25, 0.3) is 0 Å². The van der Waals surface area contributed by atoms with E-state index in [0.29, 0.717) is 18.2 Å². The van der Waals surface area contributed by atoms with E-state index in [0.717, 1.165) is 42.6 Å². The number of amides is 1. The van der Waals surface area contributed by atoms with Crippen molar-refractivity contribution in [3.8, 4) is 0 Å². The minimum atomic E-state index is -0.366. The van der Waals surface area contributed by atoms with Crippen LogP contribution in [0.5, 0.6) is 0 Å². The van der Waals surface area contributed by atoms with E-state index in [2.05, 4.69) is 11.1 Å². The molecule has 25 heavy (non-hydrogen) atoms. The topological polar surface area (TPSA) is 42.4 Å². The average molecular weight is 355 g/mol. The number of fused-ring (bicyclic) bond motifs is 2. The summed E-state index contributed by atoms with van der Waals surface area (Å²) in [6.07, 6.45) is 4.47. The number of likely N-dealkylation sites (tertiary alicyclic amines) is 1. The Labute approximate surface area is 151 Å². The molecule has 2 fully saturated rings. The van der Waals surface area contributed by atoms with Crippen molar-refractivity contribution in [2.45, 2.75) is 36.9 Å². The molecule has 4 nitrogen and oxygen atoms in total. The molecule has 5 rings (SSSR count). The Morgan fingerprint density at radius 3 is 2.72 bits per heavy atom. The number of hydrogen-bond acceptors (Lipinski definition) is 3. The van der Waals surface area contributed by atoms with Gasteiger partial charge in [0.05, 0.1) is 24.3 Å². The third-order valence-electron chi connectivity index (χ3n) is 5.94. The highest BCUT2D eigenvalue weighted by atomic mass is 35.5. The van der Waals surface area contributed by atoms with Crippen molar-refractivity contribution >= 4 is 17.5 Å². The monoisotopic (exact) mass is 354 g/mol. The molecule has 1 saturated heterocycles. The molecule has 2 aromatic rings. The second-order valence-electron chi connectivity index (χ2n) is 7.35. The second kappa shape index (κ2) is 5.29. The average Bonchev–Trinajstić information content (AvgIpc) is 3.22. The number of rotatable bonds is 2. The molecule has 1 aliphatic carbocycles. The van der Waals surface area contributed by atoms with Crippen LogP contribution in [0.15, 0.2) is 42.6 Å². The molecule has 1 aromatic carbocycles. The molecule has 0 bridgehead atoms. The lowest BCUT2D eigenvalue weighted by Gasteiger charge is -2.27. The lowest BCUT2D eigenvalue weighted by atomic mass is 9.93. The largest absolute Gasteiger partial charge is 0.362 e. The van der Waals surface area contributed by atoms with Crippen LogP contribution in [0.4, 0.5) is 0 Å². The number of carbonyl (C=O) groups excluding carboxylic acids is 1. The van der Waals surface area contributed by atoms with Gasteiger partial charge < -0.3 is 9.64 Å². The van der Waals surface area contributed by atoms with Gasteiger partial charge in [0.2, 0.25) is 5.91 Å². The molecule has 1 saturated carbocycles. The third kappa shape index (κ3) is 2.24. The van der Waals surface area contributed by atoms with Crippen LogP contribution >= 0.6 is 11.6 Å². The van der Waals surface area contributed by atoms with Gasteiger partial charge in [-0.05, 0) is 36.6 Å². The minimum absolute atomic E-state index is 0.229. The first-order valence-electron chi connectivity index (χ1n) is 8.77. The summed E-state index contributed by atoms with van der Waals surface area (Å²) in [5.41, 5.74) is 2.52. The van der Waals surface area contributed by atoms with Gasteiger partial charge in [-0.3, -0.25) is 9.78 Å². The molecule has 1 spiro atoms. The van der Waals surface area contributed by atoms with Crippen LogP contribution in [0, 0.1) is 0 Å². The number of aromatic nitrogens is 1. The highest BCUT2D eigenvalue weighted by molar-refractivity contribution is 6.30. The van der Waals surface area contributed by atoms with Crippen LogP contribution in [0.25, 0.3) is 0 Å². The Balaban J connectivity index is 1.41. The van der Waals surface area contributed by atoms with Gasteiger partial charge >= 0.3 is 0 Å². The van der Waals surface area contributed by atoms with Crippen LogP contribution in [0.1, 0.15) is 36.1 Å². The van der Waals surface area contributed by atoms with Crippen LogP contribution in [0.3, 0.4) is 0 Å². The minimum Gasteiger partial charge on any atom is -0.362 e. The Bertz CT molecular complexity index is 847. The van der Waals surface area contributed by atoms with Crippen LogP contribution in [-0.2, 0) is 27.2 Å². The normalized spacial score (nSPS) is 26.0. The molecule has 0 radical (unpaired) electrons. The van der Waals surface area contributed by atoms with Gasteiger partial charge in [0.1, 0.15) is 5.60 Å². The first-order chi connectivity index (χ1) is 12.1. The molecular weight excluding hydrogens is 336 g/mol. The van der Waals surface area contributed by atoms with Crippen molar-refractivity contribution in [1.82, 2.24) is 9.88 Å². The summed E-state index contributed by atoms with van der Waals surface area (Å²) in [6.45, 7) is 1.91. The van der Waals surface area contributed by atoms with E-state index in [1.807, 2.05) is 35.2 Å². The Kier molecular flexibility index (Phi) is 3.25. The summed E-state index contributed by atoms with van der Waals surface area (Å²) in [7, 11) is 0. The number of halogens is 1. The van der Waals surface area contributed by atoms with E-state index in [-0.39, 0.29) is 16.9 Å². The lowest BCUT2D eigenvalue weighted by molar-refractivity contribution is -0.134. The summed E-state index contributed by atoms with van der Waals surface area (Å²) in [6, 6.07) is 11.8. The molecule has 1 amide bonds. The molecule has 3 aliphatic rings. The molecular formula is C20H19ClN2O2. The fraction of sp³-hybridized carbons (Fsp3) is 0.400. The summed E-state index contributed by atoms with van der Waals surface area (Å²) >= 11 is 6.00. The maximum atomic E-state index is 13.3. The zero-order valence-corrected chi connectivity index (χ0v) is 14.6. The number of carbonyl (C=O) groups is 1. The molecule has 1 aromatic heterocycles. The summed E-state index contributed by atoms with van der Waals surface area (Å²) in [5, 5.41) is 0.704. The summed E-state index contributed by atoms with van der Waals surface area (Å²) < 4.78 is 6.13. The number of ether oxygens (including phenoxy) is 1. The smallest absolute Gasteiger partial charge is 0.233 e. The number of pyridine rings is 1. The highest BCUT2D eigenvalue weighted by Crippen LogP contribution is 2.52. The van der Waals surface area contributed by atoms with E-state index >= 15 is 0 Å². The van der Waals surface area contributed by atoms with Crippen molar-refractivity contribution in [2.24, 2.45) is 0 Å². The molecule has 5 heteroatoms. The maximum absolute atomic E-state index is 13.3. The highest BCUT2D eigenvalue weighted by Gasteiger charge is 2.56. The van der Waals surface area contributed by atoms with E-state index in [1.165, 1.54) is 0 Å². The molecule has 2 aliphatic heterocycles. The third-order valence-corrected chi connectivity index (χ3v) is 6.19. The fourth-order valence-electron chi connectivity index (χ4n) is 4.37. The standard InChI is InChI=1S/C20H19ClN2O2/c21-15-5-3-14(4-6-15)19(7-8-19)18(24)23-11-9-20(13-23)16-2-1-10-22-17(16)12-25-20/h1-6,10H,7-9,11-13H2.